The average Bonchev–Trinajstić information content (AvgIpc) is 2.95. The van der Waals surface area contributed by atoms with Crippen LogP contribution >= 0.6 is 31.9 Å². The van der Waals surface area contributed by atoms with Gasteiger partial charge in [-0.05, 0) is 63.4 Å². The molecule has 1 atom stereocenters. The van der Waals surface area contributed by atoms with E-state index in [0.717, 1.165) is 40.0 Å². The molecule has 0 aliphatic carbocycles. The van der Waals surface area contributed by atoms with Gasteiger partial charge in [0.1, 0.15) is 11.5 Å². The van der Waals surface area contributed by atoms with Crippen LogP contribution in [-0.2, 0) is 13.0 Å². The van der Waals surface area contributed by atoms with Gasteiger partial charge in [0.25, 0.3) is 0 Å². The zero-order chi connectivity index (χ0) is 13.0. The number of hydrogen-bond acceptors (Lipinski definition) is 3. The molecule has 1 unspecified atom stereocenters. The third-order valence-electron chi connectivity index (χ3n) is 2.72. The Morgan fingerprint density at radius 1 is 1.33 bits per heavy atom. The van der Waals surface area contributed by atoms with E-state index in [4.69, 9.17) is 8.83 Å². The second-order valence-corrected chi connectivity index (χ2v) is 5.81. The van der Waals surface area contributed by atoms with Crippen molar-refractivity contribution in [3.05, 3.63) is 45.1 Å². The van der Waals surface area contributed by atoms with Gasteiger partial charge in [0, 0.05) is 12.5 Å². The Balaban J connectivity index is 1.73. The van der Waals surface area contributed by atoms with Crippen molar-refractivity contribution in [2.24, 2.45) is 0 Å². The van der Waals surface area contributed by atoms with E-state index in [1.165, 1.54) is 0 Å². The second-order valence-electron chi connectivity index (χ2n) is 4.23. The summed E-state index contributed by atoms with van der Waals surface area (Å²) in [6, 6.07) is 6.31. The summed E-state index contributed by atoms with van der Waals surface area (Å²) in [6.45, 7) is 2.89. The van der Waals surface area contributed by atoms with Crippen LogP contribution in [0, 0.1) is 0 Å². The van der Waals surface area contributed by atoms with Crippen molar-refractivity contribution in [1.29, 1.82) is 0 Å². The number of rotatable bonds is 6. The quantitative estimate of drug-likeness (QED) is 0.805. The minimum atomic E-state index is 0.415. The summed E-state index contributed by atoms with van der Waals surface area (Å²) in [7, 11) is 0. The summed E-state index contributed by atoms with van der Waals surface area (Å²) in [5, 5.41) is 3.42. The van der Waals surface area contributed by atoms with Crippen LogP contribution in [0.1, 0.15) is 24.9 Å². The highest BCUT2D eigenvalue weighted by Gasteiger charge is 2.08. The van der Waals surface area contributed by atoms with Crippen LogP contribution in [-0.4, -0.2) is 6.04 Å². The van der Waals surface area contributed by atoms with Crippen molar-refractivity contribution in [2.45, 2.75) is 32.4 Å². The molecule has 0 bridgehead atoms. The van der Waals surface area contributed by atoms with Crippen molar-refractivity contribution < 1.29 is 8.83 Å². The molecule has 3 nitrogen and oxygen atoms in total. The molecule has 2 aromatic rings. The van der Waals surface area contributed by atoms with Gasteiger partial charge in [0.15, 0.2) is 4.67 Å². The third kappa shape index (κ3) is 4.00. The molecule has 0 amide bonds. The Kier molecular flexibility index (Phi) is 5.09. The molecule has 18 heavy (non-hydrogen) atoms. The number of hydrogen-bond donors (Lipinski definition) is 1. The lowest BCUT2D eigenvalue weighted by Crippen LogP contribution is -2.25. The normalized spacial score (nSPS) is 12.8. The standard InChI is InChI=1S/C13H15Br2NO2/c1-9(4-5-10-3-2-6-17-10)16-8-11-7-12(14)13(15)18-11/h2-3,6-7,9,16H,4-5,8H2,1H3. The van der Waals surface area contributed by atoms with Gasteiger partial charge in [-0.15, -0.1) is 0 Å². The molecule has 0 aromatic carbocycles. The van der Waals surface area contributed by atoms with E-state index in [1.807, 2.05) is 18.2 Å². The van der Waals surface area contributed by atoms with Crippen LogP contribution in [0.25, 0.3) is 0 Å². The van der Waals surface area contributed by atoms with E-state index in [9.17, 15) is 0 Å². The topological polar surface area (TPSA) is 38.3 Å². The van der Waals surface area contributed by atoms with Crippen molar-refractivity contribution in [3.63, 3.8) is 0 Å². The van der Waals surface area contributed by atoms with E-state index >= 15 is 0 Å². The Morgan fingerprint density at radius 3 is 2.78 bits per heavy atom. The number of aryl methyl sites for hydroxylation is 1. The van der Waals surface area contributed by atoms with E-state index in [1.54, 1.807) is 6.26 Å². The van der Waals surface area contributed by atoms with Gasteiger partial charge in [0.05, 0.1) is 17.3 Å². The van der Waals surface area contributed by atoms with Crippen molar-refractivity contribution in [3.8, 4) is 0 Å². The Bertz CT molecular complexity index is 460. The first kappa shape index (κ1) is 13.9. The fourth-order valence-corrected chi connectivity index (χ4v) is 2.33. The lowest BCUT2D eigenvalue weighted by Gasteiger charge is -2.11. The smallest absolute Gasteiger partial charge is 0.183 e. The first-order chi connectivity index (χ1) is 8.65. The fourth-order valence-electron chi connectivity index (χ4n) is 1.67. The predicted molar refractivity (Wildman–Crippen MR) is 77.4 cm³/mol. The Hall–Kier alpha value is -0.520. The molecular weight excluding hydrogens is 362 g/mol. The van der Waals surface area contributed by atoms with Gasteiger partial charge < -0.3 is 14.2 Å². The first-order valence-electron chi connectivity index (χ1n) is 5.84. The third-order valence-corrected chi connectivity index (χ3v) is 4.43. The number of furan rings is 2. The average molecular weight is 377 g/mol. The van der Waals surface area contributed by atoms with E-state index in [2.05, 4.69) is 44.1 Å². The second kappa shape index (κ2) is 6.59. The van der Waals surface area contributed by atoms with Crippen LogP contribution in [0.4, 0.5) is 0 Å². The molecule has 0 radical (unpaired) electrons. The summed E-state index contributed by atoms with van der Waals surface area (Å²) in [6.07, 6.45) is 3.70. The largest absolute Gasteiger partial charge is 0.469 e. The minimum Gasteiger partial charge on any atom is -0.469 e. The predicted octanol–water partition coefficient (Wildman–Crippen LogP) is 4.51. The molecule has 5 heteroatoms. The summed E-state index contributed by atoms with van der Waals surface area (Å²) < 4.78 is 12.5. The number of halogens is 2. The number of nitrogens with one attached hydrogen (secondary N) is 1. The first-order valence-corrected chi connectivity index (χ1v) is 7.43. The van der Waals surface area contributed by atoms with Gasteiger partial charge in [-0.1, -0.05) is 0 Å². The van der Waals surface area contributed by atoms with Gasteiger partial charge in [-0.25, -0.2) is 0 Å². The molecule has 0 aliphatic rings. The maximum atomic E-state index is 5.50. The van der Waals surface area contributed by atoms with Crippen LogP contribution in [0.2, 0.25) is 0 Å². The summed E-state index contributed by atoms with van der Waals surface area (Å²) in [5.41, 5.74) is 0. The van der Waals surface area contributed by atoms with Crippen molar-refractivity contribution >= 4 is 31.9 Å². The summed E-state index contributed by atoms with van der Waals surface area (Å²) >= 11 is 6.73. The van der Waals surface area contributed by atoms with Gasteiger partial charge in [-0.3, -0.25) is 0 Å². The van der Waals surface area contributed by atoms with Gasteiger partial charge in [0.2, 0.25) is 0 Å². The lowest BCUT2D eigenvalue weighted by molar-refractivity contribution is 0.421. The molecule has 0 fully saturated rings. The van der Waals surface area contributed by atoms with Crippen LogP contribution in [0.3, 0.4) is 0 Å². The van der Waals surface area contributed by atoms with Gasteiger partial charge >= 0.3 is 0 Å². The highest BCUT2D eigenvalue weighted by atomic mass is 79.9. The maximum absolute atomic E-state index is 5.50. The fraction of sp³-hybridized carbons (Fsp3) is 0.385. The van der Waals surface area contributed by atoms with Crippen molar-refractivity contribution in [1.82, 2.24) is 5.32 Å². The molecule has 1 N–H and O–H groups in total. The molecular formula is C13H15Br2NO2. The Labute approximate surface area is 123 Å². The Morgan fingerprint density at radius 2 is 2.17 bits per heavy atom. The highest BCUT2D eigenvalue weighted by Crippen LogP contribution is 2.26. The van der Waals surface area contributed by atoms with Crippen LogP contribution in [0.5, 0.6) is 0 Å². The molecule has 0 aliphatic heterocycles. The zero-order valence-corrected chi connectivity index (χ0v) is 13.3. The van der Waals surface area contributed by atoms with Crippen molar-refractivity contribution in [2.75, 3.05) is 0 Å². The summed E-state index contributed by atoms with van der Waals surface area (Å²) in [4.78, 5) is 0. The molecule has 2 rings (SSSR count). The molecule has 2 aromatic heterocycles. The van der Waals surface area contributed by atoms with E-state index in [-0.39, 0.29) is 0 Å². The van der Waals surface area contributed by atoms with E-state index < -0.39 is 0 Å². The van der Waals surface area contributed by atoms with Gasteiger partial charge in [-0.2, -0.15) is 0 Å². The van der Waals surface area contributed by atoms with Crippen LogP contribution < -0.4 is 5.32 Å². The zero-order valence-electron chi connectivity index (χ0n) is 10.1. The molecule has 98 valence electrons. The monoisotopic (exact) mass is 375 g/mol. The SMILES string of the molecule is CC(CCc1ccco1)NCc1cc(Br)c(Br)o1. The molecule has 2 heterocycles. The maximum Gasteiger partial charge on any atom is 0.183 e. The molecule has 0 spiro atoms. The summed E-state index contributed by atoms with van der Waals surface area (Å²) in [5.74, 6) is 1.95. The molecule has 0 saturated heterocycles. The highest BCUT2D eigenvalue weighted by molar-refractivity contribution is 9.13. The van der Waals surface area contributed by atoms with Crippen LogP contribution in [0.15, 0.2) is 42.4 Å². The lowest BCUT2D eigenvalue weighted by atomic mass is 10.1. The molecule has 0 saturated carbocycles. The minimum absolute atomic E-state index is 0.415. The van der Waals surface area contributed by atoms with E-state index in [0.29, 0.717) is 6.04 Å².